The molecule has 0 saturated carbocycles. The molecule has 0 unspecified atom stereocenters. The number of aromatic nitrogens is 2. The second kappa shape index (κ2) is 7.52. The van der Waals surface area contributed by atoms with Gasteiger partial charge < -0.3 is 10.0 Å². The molecular formula is C25H21N3O2. The van der Waals surface area contributed by atoms with Crippen LogP contribution in [0.3, 0.4) is 0 Å². The highest BCUT2D eigenvalue weighted by molar-refractivity contribution is 5.95. The number of para-hydroxylation sites is 2. The molecule has 148 valence electrons. The molecule has 0 radical (unpaired) electrons. The summed E-state index contributed by atoms with van der Waals surface area (Å²) in [6, 6.07) is 22.9. The van der Waals surface area contributed by atoms with Gasteiger partial charge in [0.1, 0.15) is 12.1 Å². The Morgan fingerprint density at radius 2 is 1.70 bits per heavy atom. The third-order valence-corrected chi connectivity index (χ3v) is 5.58. The molecule has 0 atom stereocenters. The summed E-state index contributed by atoms with van der Waals surface area (Å²) in [7, 11) is 0. The Morgan fingerprint density at radius 3 is 2.43 bits per heavy atom. The smallest absolute Gasteiger partial charge is 0.254 e. The minimum Gasteiger partial charge on any atom is -0.508 e. The molecule has 0 saturated heterocycles. The van der Waals surface area contributed by atoms with Gasteiger partial charge in [0.25, 0.3) is 5.91 Å². The van der Waals surface area contributed by atoms with Gasteiger partial charge >= 0.3 is 0 Å². The summed E-state index contributed by atoms with van der Waals surface area (Å²) in [6.07, 6.45) is 4.71. The summed E-state index contributed by atoms with van der Waals surface area (Å²) in [4.78, 5) is 19.2. The van der Waals surface area contributed by atoms with Crippen LogP contribution in [0.4, 0.5) is 0 Å². The zero-order chi connectivity index (χ0) is 20.5. The van der Waals surface area contributed by atoms with E-state index in [-0.39, 0.29) is 11.7 Å². The van der Waals surface area contributed by atoms with Gasteiger partial charge in [0.05, 0.1) is 11.0 Å². The summed E-state index contributed by atoms with van der Waals surface area (Å²) >= 11 is 0. The molecule has 1 amide bonds. The number of phenolic OH excluding ortho intramolecular Hbond substituents is 1. The Labute approximate surface area is 174 Å². The van der Waals surface area contributed by atoms with E-state index in [1.54, 1.807) is 12.1 Å². The molecule has 1 N–H and O–H groups in total. The fourth-order valence-corrected chi connectivity index (χ4v) is 3.90. The van der Waals surface area contributed by atoms with Gasteiger partial charge in [0.15, 0.2) is 0 Å². The Balaban J connectivity index is 1.32. The molecule has 30 heavy (non-hydrogen) atoms. The first-order chi connectivity index (χ1) is 14.7. The van der Waals surface area contributed by atoms with Crippen molar-refractivity contribution in [3.8, 4) is 11.4 Å². The van der Waals surface area contributed by atoms with Crippen LogP contribution >= 0.6 is 0 Å². The summed E-state index contributed by atoms with van der Waals surface area (Å²) in [5.74, 6) is 0.303. The zero-order valence-corrected chi connectivity index (χ0v) is 16.4. The van der Waals surface area contributed by atoms with Gasteiger partial charge in [0.2, 0.25) is 0 Å². The molecular weight excluding hydrogens is 374 g/mol. The van der Waals surface area contributed by atoms with Crippen molar-refractivity contribution >= 4 is 22.5 Å². The predicted octanol–water partition coefficient (Wildman–Crippen LogP) is 4.66. The molecule has 5 heteroatoms. The molecule has 1 aliphatic heterocycles. The number of carbonyl (C=O) groups excluding carboxylic acids is 1. The van der Waals surface area contributed by atoms with Crippen molar-refractivity contribution in [2.75, 3.05) is 13.1 Å². The molecule has 1 aliphatic rings. The Kier molecular flexibility index (Phi) is 4.56. The van der Waals surface area contributed by atoms with E-state index in [9.17, 15) is 9.90 Å². The van der Waals surface area contributed by atoms with Crippen LogP contribution in [0.1, 0.15) is 22.3 Å². The van der Waals surface area contributed by atoms with Crippen LogP contribution in [-0.2, 0) is 0 Å². The van der Waals surface area contributed by atoms with E-state index in [0.29, 0.717) is 18.7 Å². The van der Waals surface area contributed by atoms with Gasteiger partial charge in [0, 0.05) is 24.3 Å². The molecule has 2 heterocycles. The number of fused-ring (bicyclic) bond motifs is 1. The number of hydrogen-bond donors (Lipinski definition) is 1. The Hall–Kier alpha value is -3.86. The van der Waals surface area contributed by atoms with E-state index in [0.717, 1.165) is 28.7 Å². The highest BCUT2D eigenvalue weighted by Crippen LogP contribution is 2.25. The third-order valence-electron chi connectivity index (χ3n) is 5.58. The van der Waals surface area contributed by atoms with E-state index in [1.165, 1.54) is 5.57 Å². The molecule has 5 rings (SSSR count). The number of phenols is 1. The number of imidazole rings is 1. The maximum Gasteiger partial charge on any atom is 0.254 e. The Morgan fingerprint density at radius 1 is 0.933 bits per heavy atom. The molecule has 5 nitrogen and oxygen atoms in total. The number of nitrogens with zero attached hydrogens (tertiary/aromatic N) is 3. The normalized spacial score (nSPS) is 14.0. The molecule has 0 bridgehead atoms. The number of carbonyl (C=O) groups is 1. The number of aromatic hydroxyl groups is 1. The van der Waals surface area contributed by atoms with Gasteiger partial charge in [-0.1, -0.05) is 30.3 Å². The van der Waals surface area contributed by atoms with Crippen molar-refractivity contribution in [3.05, 3.63) is 96.3 Å². The van der Waals surface area contributed by atoms with Crippen molar-refractivity contribution in [1.82, 2.24) is 14.5 Å². The lowest BCUT2D eigenvalue weighted by Gasteiger charge is -2.27. The minimum absolute atomic E-state index is 0.0399. The lowest BCUT2D eigenvalue weighted by atomic mass is 9.99. The fourth-order valence-electron chi connectivity index (χ4n) is 3.90. The van der Waals surface area contributed by atoms with E-state index >= 15 is 0 Å². The van der Waals surface area contributed by atoms with Crippen LogP contribution in [-0.4, -0.2) is 38.6 Å². The maximum atomic E-state index is 12.9. The van der Waals surface area contributed by atoms with Crippen molar-refractivity contribution < 1.29 is 9.90 Å². The van der Waals surface area contributed by atoms with Crippen LogP contribution in [0, 0.1) is 0 Å². The molecule has 4 aromatic rings. The Bertz CT molecular complexity index is 1240. The second-order valence-electron chi connectivity index (χ2n) is 7.43. The van der Waals surface area contributed by atoms with Gasteiger partial charge in [-0.05, 0) is 66.1 Å². The molecule has 0 spiro atoms. The lowest BCUT2D eigenvalue weighted by molar-refractivity contribution is 0.0773. The summed E-state index contributed by atoms with van der Waals surface area (Å²) in [5.41, 5.74) is 5.96. The number of benzene rings is 3. The average molecular weight is 395 g/mol. The highest BCUT2D eigenvalue weighted by Gasteiger charge is 2.19. The maximum absolute atomic E-state index is 12.9. The standard InChI is InChI=1S/C25H21N3O2/c29-22-11-7-18(8-12-22)19-13-15-27(16-14-19)25(30)20-5-9-21(10-6-20)28-17-26-23-3-1-2-4-24(23)28/h1-13,17,29H,14-16H2. The summed E-state index contributed by atoms with van der Waals surface area (Å²) < 4.78 is 2.02. The van der Waals surface area contributed by atoms with Crippen LogP contribution < -0.4 is 0 Å². The lowest BCUT2D eigenvalue weighted by Crippen LogP contribution is -2.34. The first-order valence-electron chi connectivity index (χ1n) is 9.99. The number of amides is 1. The third kappa shape index (κ3) is 3.35. The van der Waals surface area contributed by atoms with Gasteiger partial charge in [-0.25, -0.2) is 4.98 Å². The van der Waals surface area contributed by atoms with Crippen molar-refractivity contribution in [2.45, 2.75) is 6.42 Å². The summed E-state index contributed by atoms with van der Waals surface area (Å²) in [6.45, 7) is 1.27. The van der Waals surface area contributed by atoms with Crippen LogP contribution in [0.15, 0.2) is 85.2 Å². The van der Waals surface area contributed by atoms with E-state index < -0.39 is 0 Å². The monoisotopic (exact) mass is 395 g/mol. The first-order valence-corrected chi connectivity index (χ1v) is 9.99. The van der Waals surface area contributed by atoms with E-state index in [2.05, 4.69) is 11.1 Å². The zero-order valence-electron chi connectivity index (χ0n) is 16.4. The fraction of sp³-hybridized carbons (Fsp3) is 0.120. The second-order valence-corrected chi connectivity index (χ2v) is 7.43. The molecule has 1 aromatic heterocycles. The quantitative estimate of drug-likeness (QED) is 0.549. The van der Waals surface area contributed by atoms with Gasteiger partial charge in [-0.15, -0.1) is 0 Å². The molecule has 0 fully saturated rings. The number of hydrogen-bond acceptors (Lipinski definition) is 3. The van der Waals surface area contributed by atoms with Crippen molar-refractivity contribution in [3.63, 3.8) is 0 Å². The van der Waals surface area contributed by atoms with Crippen molar-refractivity contribution in [2.24, 2.45) is 0 Å². The topological polar surface area (TPSA) is 58.4 Å². The van der Waals surface area contributed by atoms with Crippen molar-refractivity contribution in [1.29, 1.82) is 0 Å². The average Bonchev–Trinajstić information content (AvgIpc) is 3.24. The van der Waals surface area contributed by atoms with Gasteiger partial charge in [-0.2, -0.15) is 0 Å². The van der Waals surface area contributed by atoms with E-state index in [4.69, 9.17) is 0 Å². The molecule has 0 aliphatic carbocycles. The van der Waals surface area contributed by atoms with Gasteiger partial charge in [-0.3, -0.25) is 9.36 Å². The SMILES string of the molecule is O=C(c1ccc(-n2cnc3ccccc32)cc1)N1CC=C(c2ccc(O)cc2)CC1. The largest absolute Gasteiger partial charge is 0.508 e. The number of rotatable bonds is 3. The highest BCUT2D eigenvalue weighted by atomic mass is 16.3. The summed E-state index contributed by atoms with van der Waals surface area (Å²) in [5, 5.41) is 9.45. The minimum atomic E-state index is 0.0399. The predicted molar refractivity (Wildman–Crippen MR) is 118 cm³/mol. The van der Waals surface area contributed by atoms with E-state index in [1.807, 2.05) is 76.5 Å². The van der Waals surface area contributed by atoms with Crippen LogP contribution in [0.5, 0.6) is 5.75 Å². The van der Waals surface area contributed by atoms with Crippen LogP contribution in [0.25, 0.3) is 22.3 Å². The van der Waals surface area contributed by atoms with Crippen LogP contribution in [0.2, 0.25) is 0 Å². The molecule has 3 aromatic carbocycles. The first kappa shape index (κ1) is 18.2.